The van der Waals surface area contributed by atoms with E-state index in [0.29, 0.717) is 18.5 Å². The summed E-state index contributed by atoms with van der Waals surface area (Å²) in [4.78, 5) is 13.8. The van der Waals surface area contributed by atoms with E-state index in [-0.39, 0.29) is 18.2 Å². The van der Waals surface area contributed by atoms with Crippen molar-refractivity contribution in [1.82, 2.24) is 4.90 Å². The van der Waals surface area contributed by atoms with Gasteiger partial charge in [0.2, 0.25) is 0 Å². The van der Waals surface area contributed by atoms with Crippen LogP contribution < -0.4 is 0 Å². The number of nitrogens with zero attached hydrogens (tertiary/aromatic N) is 1. The van der Waals surface area contributed by atoms with Gasteiger partial charge in [-0.25, -0.2) is 4.79 Å². The first-order chi connectivity index (χ1) is 7.35. The predicted molar refractivity (Wildman–Crippen MR) is 65.9 cm³/mol. The van der Waals surface area contributed by atoms with Crippen LogP contribution in [0.15, 0.2) is 0 Å². The Morgan fingerprint density at radius 1 is 1.50 bits per heavy atom. The lowest BCUT2D eigenvalue weighted by molar-refractivity contribution is -0.0501. The van der Waals surface area contributed by atoms with Gasteiger partial charge < -0.3 is 9.47 Å². The van der Waals surface area contributed by atoms with Gasteiger partial charge >= 0.3 is 6.09 Å². The van der Waals surface area contributed by atoms with Crippen molar-refractivity contribution >= 4 is 22.0 Å². The van der Waals surface area contributed by atoms with E-state index in [9.17, 15) is 4.79 Å². The molecule has 0 spiro atoms. The van der Waals surface area contributed by atoms with Crippen molar-refractivity contribution in [3.05, 3.63) is 0 Å². The number of hydrogen-bond donors (Lipinski definition) is 0. The molecule has 1 heterocycles. The van der Waals surface area contributed by atoms with Crippen molar-refractivity contribution < 1.29 is 14.3 Å². The third kappa shape index (κ3) is 3.63. The summed E-state index contributed by atoms with van der Waals surface area (Å²) in [7, 11) is 0. The summed E-state index contributed by atoms with van der Waals surface area (Å²) in [5.41, 5.74) is -0.452. The Morgan fingerprint density at radius 2 is 2.12 bits per heavy atom. The summed E-state index contributed by atoms with van der Waals surface area (Å²) in [6, 6.07) is 0.116. The van der Waals surface area contributed by atoms with Gasteiger partial charge in [-0.1, -0.05) is 15.9 Å². The van der Waals surface area contributed by atoms with Gasteiger partial charge in [0, 0.05) is 5.33 Å². The summed E-state index contributed by atoms with van der Waals surface area (Å²) in [5.74, 6) is 0. The minimum Gasteiger partial charge on any atom is -0.444 e. The highest BCUT2D eigenvalue weighted by atomic mass is 79.9. The van der Waals surface area contributed by atoms with E-state index in [0.717, 1.165) is 0 Å². The maximum absolute atomic E-state index is 12.0. The Kier molecular flexibility index (Phi) is 4.62. The molecule has 0 saturated carbocycles. The molecule has 2 atom stereocenters. The summed E-state index contributed by atoms with van der Waals surface area (Å²) >= 11 is 3.40. The largest absolute Gasteiger partial charge is 0.444 e. The number of carbonyl (C=O) groups excluding carboxylic acids is 1. The number of hydrogen-bond acceptors (Lipinski definition) is 3. The minimum absolute atomic E-state index is 0.0543. The molecule has 0 aromatic rings. The number of amides is 1. The molecule has 0 N–H and O–H groups in total. The molecule has 4 nitrogen and oxygen atoms in total. The molecule has 0 aromatic carbocycles. The Morgan fingerprint density at radius 3 is 2.62 bits per heavy atom. The van der Waals surface area contributed by atoms with Crippen molar-refractivity contribution in [3.8, 4) is 0 Å². The molecule has 1 saturated heterocycles. The van der Waals surface area contributed by atoms with E-state index in [1.807, 2.05) is 27.7 Å². The van der Waals surface area contributed by atoms with Crippen LogP contribution in [0, 0.1) is 0 Å². The summed E-state index contributed by atoms with van der Waals surface area (Å²) in [6.45, 7) is 8.73. The van der Waals surface area contributed by atoms with E-state index in [1.165, 1.54) is 0 Å². The zero-order chi connectivity index (χ0) is 12.3. The molecular weight excluding hydrogens is 274 g/mol. The zero-order valence-electron chi connectivity index (χ0n) is 10.3. The third-order valence-electron chi connectivity index (χ3n) is 2.32. The lowest BCUT2D eigenvalue weighted by Crippen LogP contribution is -2.55. The highest BCUT2D eigenvalue weighted by Crippen LogP contribution is 2.19. The van der Waals surface area contributed by atoms with Crippen molar-refractivity contribution in [3.63, 3.8) is 0 Å². The molecule has 2 unspecified atom stereocenters. The van der Waals surface area contributed by atoms with Crippen molar-refractivity contribution in [2.75, 3.05) is 18.5 Å². The van der Waals surface area contributed by atoms with Gasteiger partial charge in [0.05, 0.1) is 25.3 Å². The molecule has 1 fully saturated rings. The van der Waals surface area contributed by atoms with Crippen LogP contribution in [0.3, 0.4) is 0 Å². The average molecular weight is 294 g/mol. The Bertz CT molecular complexity index is 252. The van der Waals surface area contributed by atoms with Crippen LogP contribution in [0.1, 0.15) is 27.7 Å². The molecule has 1 rings (SSSR count). The molecule has 1 aliphatic rings. The normalized spacial score (nSPS) is 26.7. The van der Waals surface area contributed by atoms with Gasteiger partial charge in [0.25, 0.3) is 0 Å². The monoisotopic (exact) mass is 293 g/mol. The highest BCUT2D eigenvalue weighted by Gasteiger charge is 2.34. The van der Waals surface area contributed by atoms with Crippen LogP contribution >= 0.6 is 15.9 Å². The smallest absolute Gasteiger partial charge is 0.410 e. The van der Waals surface area contributed by atoms with Gasteiger partial charge in [-0.3, -0.25) is 4.90 Å². The number of alkyl halides is 1. The van der Waals surface area contributed by atoms with Gasteiger partial charge in [-0.15, -0.1) is 0 Å². The van der Waals surface area contributed by atoms with E-state index in [2.05, 4.69) is 15.9 Å². The maximum atomic E-state index is 12.0. The van der Waals surface area contributed by atoms with Gasteiger partial charge in [0.1, 0.15) is 5.60 Å². The maximum Gasteiger partial charge on any atom is 0.410 e. The van der Waals surface area contributed by atoms with Crippen molar-refractivity contribution in [1.29, 1.82) is 0 Å². The third-order valence-corrected chi connectivity index (χ3v) is 3.07. The van der Waals surface area contributed by atoms with Gasteiger partial charge in [-0.2, -0.15) is 0 Å². The second kappa shape index (κ2) is 5.36. The number of carbonyl (C=O) groups is 1. The molecule has 0 aliphatic carbocycles. The standard InChI is InChI=1S/C11H20BrNO3/c1-8-6-15-7-9(5-12)13(8)10(14)16-11(2,3)4/h8-9H,5-7H2,1-4H3. The van der Waals surface area contributed by atoms with E-state index < -0.39 is 5.60 Å². The topological polar surface area (TPSA) is 38.8 Å². The van der Waals surface area contributed by atoms with Crippen LogP contribution in [-0.2, 0) is 9.47 Å². The predicted octanol–water partition coefficient (Wildman–Crippen LogP) is 2.41. The first-order valence-electron chi connectivity index (χ1n) is 5.50. The van der Waals surface area contributed by atoms with Crippen LogP contribution in [0.25, 0.3) is 0 Å². The Hall–Kier alpha value is -0.290. The van der Waals surface area contributed by atoms with Crippen LogP contribution in [0.5, 0.6) is 0 Å². The van der Waals surface area contributed by atoms with Crippen molar-refractivity contribution in [2.24, 2.45) is 0 Å². The Labute approximate surface area is 105 Å². The second-order valence-corrected chi connectivity index (χ2v) is 5.73. The zero-order valence-corrected chi connectivity index (χ0v) is 11.9. The first-order valence-corrected chi connectivity index (χ1v) is 6.62. The fraction of sp³-hybridized carbons (Fsp3) is 0.909. The van der Waals surface area contributed by atoms with Crippen molar-refractivity contribution in [2.45, 2.75) is 45.4 Å². The fourth-order valence-electron chi connectivity index (χ4n) is 1.66. The van der Waals surface area contributed by atoms with E-state index in [4.69, 9.17) is 9.47 Å². The van der Waals surface area contributed by atoms with E-state index >= 15 is 0 Å². The van der Waals surface area contributed by atoms with E-state index in [1.54, 1.807) is 4.90 Å². The van der Waals surface area contributed by atoms with Gasteiger partial charge in [-0.05, 0) is 27.7 Å². The Balaban J connectivity index is 2.70. The van der Waals surface area contributed by atoms with Gasteiger partial charge in [0.15, 0.2) is 0 Å². The quantitative estimate of drug-likeness (QED) is 0.697. The van der Waals surface area contributed by atoms with Crippen LogP contribution in [-0.4, -0.2) is 47.2 Å². The number of rotatable bonds is 1. The number of morpholine rings is 1. The molecular formula is C11H20BrNO3. The highest BCUT2D eigenvalue weighted by molar-refractivity contribution is 9.09. The summed E-state index contributed by atoms with van der Waals surface area (Å²) in [6.07, 6.45) is -0.257. The molecule has 16 heavy (non-hydrogen) atoms. The lowest BCUT2D eigenvalue weighted by atomic mass is 10.2. The molecule has 1 amide bonds. The SMILES string of the molecule is CC1COCC(CBr)N1C(=O)OC(C)(C)C. The molecule has 5 heteroatoms. The fourth-order valence-corrected chi connectivity index (χ4v) is 2.16. The average Bonchev–Trinajstić information content (AvgIpc) is 2.14. The molecule has 94 valence electrons. The first kappa shape index (κ1) is 13.8. The molecule has 0 radical (unpaired) electrons. The molecule has 0 aromatic heterocycles. The summed E-state index contributed by atoms with van der Waals surface area (Å²) < 4.78 is 10.8. The van der Waals surface area contributed by atoms with Crippen LogP contribution in [0.2, 0.25) is 0 Å². The summed E-state index contributed by atoms with van der Waals surface area (Å²) in [5, 5.41) is 0.705. The number of halogens is 1. The van der Waals surface area contributed by atoms with Crippen LogP contribution in [0.4, 0.5) is 4.79 Å². The molecule has 0 bridgehead atoms. The molecule has 1 aliphatic heterocycles. The number of ether oxygens (including phenoxy) is 2. The second-order valence-electron chi connectivity index (χ2n) is 5.08. The lowest BCUT2D eigenvalue weighted by Gasteiger charge is -2.40. The minimum atomic E-state index is -0.452.